The molecule has 0 saturated heterocycles. The maximum Gasteiger partial charge on any atom is 0.348 e. The van der Waals surface area contributed by atoms with E-state index in [1.807, 2.05) is 26.0 Å². The second-order valence-electron chi connectivity index (χ2n) is 4.99. The molecule has 0 unspecified atom stereocenters. The molecule has 1 heterocycles. The van der Waals surface area contributed by atoms with Gasteiger partial charge in [-0.25, -0.2) is 4.79 Å². The van der Waals surface area contributed by atoms with Crippen LogP contribution < -0.4 is 5.56 Å². The van der Waals surface area contributed by atoms with Crippen LogP contribution in [0.15, 0.2) is 28.6 Å². The van der Waals surface area contributed by atoms with Crippen molar-refractivity contribution in [1.29, 1.82) is 5.26 Å². The third-order valence-electron chi connectivity index (χ3n) is 3.24. The summed E-state index contributed by atoms with van der Waals surface area (Å²) in [5.41, 5.74) is 2.49. The molecule has 5 nitrogen and oxygen atoms in total. The van der Waals surface area contributed by atoms with Gasteiger partial charge in [0.15, 0.2) is 0 Å². The highest BCUT2D eigenvalue weighted by molar-refractivity contribution is 5.98. The number of pyridine rings is 1. The van der Waals surface area contributed by atoms with Gasteiger partial charge < -0.3 is 9.72 Å². The molecule has 0 amide bonds. The predicted octanol–water partition coefficient (Wildman–Crippen LogP) is 2.62. The van der Waals surface area contributed by atoms with E-state index in [9.17, 15) is 9.59 Å². The summed E-state index contributed by atoms with van der Waals surface area (Å²) >= 11 is 0. The Balaban J connectivity index is 2.61. The molecule has 1 aromatic heterocycles. The van der Waals surface area contributed by atoms with Crippen molar-refractivity contribution in [2.75, 3.05) is 6.61 Å². The third-order valence-corrected chi connectivity index (χ3v) is 3.24. The Labute approximate surface area is 127 Å². The fraction of sp³-hybridized carbons (Fsp3) is 0.235. The lowest BCUT2D eigenvalue weighted by Gasteiger charge is -2.05. The monoisotopic (exact) mass is 296 g/mol. The van der Waals surface area contributed by atoms with Gasteiger partial charge in [0.1, 0.15) is 11.6 Å². The maximum absolute atomic E-state index is 12.1. The number of rotatable bonds is 3. The second kappa shape index (κ2) is 6.27. The molecule has 0 aliphatic heterocycles. The van der Waals surface area contributed by atoms with Crippen LogP contribution in [0.4, 0.5) is 0 Å². The molecular weight excluding hydrogens is 280 g/mol. The van der Waals surface area contributed by atoms with Crippen molar-refractivity contribution >= 4 is 22.9 Å². The normalized spacial score (nSPS) is 11.3. The number of aryl methyl sites for hydroxylation is 2. The van der Waals surface area contributed by atoms with Crippen LogP contribution in [0.25, 0.3) is 17.0 Å². The smallest absolute Gasteiger partial charge is 0.348 e. The molecule has 2 rings (SSSR count). The maximum atomic E-state index is 12.1. The van der Waals surface area contributed by atoms with Crippen molar-refractivity contribution in [3.63, 3.8) is 0 Å². The van der Waals surface area contributed by atoms with E-state index >= 15 is 0 Å². The van der Waals surface area contributed by atoms with Gasteiger partial charge in [-0.3, -0.25) is 4.79 Å². The average molecular weight is 296 g/mol. The van der Waals surface area contributed by atoms with Crippen molar-refractivity contribution < 1.29 is 9.53 Å². The van der Waals surface area contributed by atoms with Crippen molar-refractivity contribution in [3.05, 3.63) is 50.8 Å². The molecule has 0 radical (unpaired) electrons. The van der Waals surface area contributed by atoms with Crippen LogP contribution >= 0.6 is 0 Å². The highest BCUT2D eigenvalue weighted by atomic mass is 16.5. The van der Waals surface area contributed by atoms with Gasteiger partial charge in [-0.1, -0.05) is 11.6 Å². The minimum atomic E-state index is -0.732. The van der Waals surface area contributed by atoms with E-state index in [0.717, 1.165) is 22.0 Å². The first-order valence-electron chi connectivity index (χ1n) is 6.89. The summed E-state index contributed by atoms with van der Waals surface area (Å²) in [7, 11) is 0. The number of carbonyl (C=O) groups excluding carboxylic acids is 1. The van der Waals surface area contributed by atoms with Gasteiger partial charge in [0.25, 0.3) is 5.56 Å². The van der Waals surface area contributed by atoms with Crippen LogP contribution in [0, 0.1) is 25.2 Å². The van der Waals surface area contributed by atoms with Crippen molar-refractivity contribution in [1.82, 2.24) is 4.98 Å². The lowest BCUT2D eigenvalue weighted by atomic mass is 10.0. The molecule has 1 N–H and O–H groups in total. The third kappa shape index (κ3) is 3.07. The summed E-state index contributed by atoms with van der Waals surface area (Å²) in [5.74, 6) is -0.732. The van der Waals surface area contributed by atoms with Gasteiger partial charge in [-0.2, -0.15) is 5.26 Å². The van der Waals surface area contributed by atoms with Crippen LogP contribution in [-0.2, 0) is 9.53 Å². The Morgan fingerprint density at radius 2 is 2.09 bits per heavy atom. The molecule has 1 aromatic carbocycles. The average Bonchev–Trinajstić information content (AvgIpc) is 2.46. The number of nitrogens with one attached hydrogen (secondary N) is 1. The molecule has 22 heavy (non-hydrogen) atoms. The number of ether oxygens (including phenoxy) is 1. The zero-order chi connectivity index (χ0) is 16.3. The van der Waals surface area contributed by atoms with Gasteiger partial charge >= 0.3 is 5.97 Å². The van der Waals surface area contributed by atoms with E-state index in [-0.39, 0.29) is 23.3 Å². The summed E-state index contributed by atoms with van der Waals surface area (Å²) in [6.45, 7) is 5.71. The molecule has 5 heteroatoms. The first-order chi connectivity index (χ1) is 10.5. The van der Waals surface area contributed by atoms with Gasteiger partial charge in [0.05, 0.1) is 12.1 Å². The summed E-state index contributed by atoms with van der Waals surface area (Å²) in [4.78, 5) is 26.6. The van der Waals surface area contributed by atoms with Crippen molar-refractivity contribution in [2.24, 2.45) is 0 Å². The summed E-state index contributed by atoms with van der Waals surface area (Å²) in [6.07, 6.45) is 1.26. The van der Waals surface area contributed by atoms with E-state index < -0.39 is 5.97 Å². The zero-order valence-corrected chi connectivity index (χ0v) is 12.7. The lowest BCUT2D eigenvalue weighted by molar-refractivity contribution is -0.137. The lowest BCUT2D eigenvalue weighted by Crippen LogP contribution is -2.12. The minimum Gasteiger partial charge on any atom is -0.462 e. The topological polar surface area (TPSA) is 82.9 Å². The minimum absolute atomic E-state index is 0.171. The standard InChI is InChI=1S/C17H16N2O3/c1-4-22-17(21)14(9-18)8-13-7-12-6-10(2)5-11(3)15(12)19-16(13)20/h5-8H,4H2,1-3H3,(H,19,20)/b14-8+. The predicted molar refractivity (Wildman–Crippen MR) is 84.3 cm³/mol. The SMILES string of the molecule is CCOC(=O)/C(C#N)=C/c1cc2cc(C)cc(C)c2[nH]c1=O. The molecule has 0 bridgehead atoms. The Kier molecular flexibility index (Phi) is 4.42. The Hall–Kier alpha value is -2.87. The number of H-pyrrole nitrogens is 1. The Bertz CT molecular complexity index is 870. The van der Waals surface area contributed by atoms with Gasteiger partial charge in [-0.05, 0) is 49.9 Å². The number of aromatic nitrogens is 1. The van der Waals surface area contributed by atoms with Gasteiger partial charge in [0, 0.05) is 5.56 Å². The van der Waals surface area contributed by atoms with Crippen LogP contribution in [0.5, 0.6) is 0 Å². The number of esters is 1. The number of aromatic amines is 1. The molecule has 0 aliphatic rings. The van der Waals surface area contributed by atoms with Gasteiger partial charge in [0.2, 0.25) is 0 Å². The number of fused-ring (bicyclic) bond motifs is 1. The largest absolute Gasteiger partial charge is 0.462 e. The fourth-order valence-corrected chi connectivity index (χ4v) is 2.31. The van der Waals surface area contributed by atoms with Crippen LogP contribution in [0.3, 0.4) is 0 Å². The van der Waals surface area contributed by atoms with Crippen LogP contribution in [-0.4, -0.2) is 17.6 Å². The van der Waals surface area contributed by atoms with E-state index in [0.29, 0.717) is 0 Å². The van der Waals surface area contributed by atoms with E-state index in [1.165, 1.54) is 6.08 Å². The quantitative estimate of drug-likeness (QED) is 0.536. The van der Waals surface area contributed by atoms with Crippen LogP contribution in [0.1, 0.15) is 23.6 Å². The summed E-state index contributed by atoms with van der Waals surface area (Å²) in [5, 5.41) is 9.90. The second-order valence-corrected chi connectivity index (χ2v) is 4.99. The first-order valence-corrected chi connectivity index (χ1v) is 6.89. The fourth-order valence-electron chi connectivity index (χ4n) is 2.31. The van der Waals surface area contributed by atoms with Gasteiger partial charge in [-0.15, -0.1) is 0 Å². The zero-order valence-electron chi connectivity index (χ0n) is 12.7. The summed E-state index contributed by atoms with van der Waals surface area (Å²) in [6, 6.07) is 7.35. The number of hydrogen-bond acceptors (Lipinski definition) is 4. The van der Waals surface area contributed by atoms with E-state index in [2.05, 4.69) is 4.98 Å². The number of nitriles is 1. The van der Waals surface area contributed by atoms with Crippen molar-refractivity contribution in [3.8, 4) is 6.07 Å². The van der Waals surface area contributed by atoms with Crippen molar-refractivity contribution in [2.45, 2.75) is 20.8 Å². The molecule has 112 valence electrons. The van der Waals surface area contributed by atoms with Crippen LogP contribution in [0.2, 0.25) is 0 Å². The molecule has 0 saturated carbocycles. The number of hydrogen-bond donors (Lipinski definition) is 1. The highest BCUT2D eigenvalue weighted by Gasteiger charge is 2.12. The van der Waals surface area contributed by atoms with E-state index in [4.69, 9.17) is 10.00 Å². The van der Waals surface area contributed by atoms with E-state index in [1.54, 1.807) is 19.1 Å². The molecule has 0 aliphatic carbocycles. The number of nitrogens with zero attached hydrogens (tertiary/aromatic N) is 1. The highest BCUT2D eigenvalue weighted by Crippen LogP contribution is 2.19. The molecule has 0 fully saturated rings. The Morgan fingerprint density at radius 1 is 1.36 bits per heavy atom. The number of benzene rings is 1. The Morgan fingerprint density at radius 3 is 2.73 bits per heavy atom. The first kappa shape index (κ1) is 15.5. The molecule has 0 atom stereocenters. The molecular formula is C17H16N2O3. The number of carbonyl (C=O) groups is 1. The summed E-state index contributed by atoms with van der Waals surface area (Å²) < 4.78 is 4.79. The molecule has 2 aromatic rings. The molecule has 0 spiro atoms.